The van der Waals surface area contributed by atoms with Crippen LogP contribution in [0.2, 0.25) is 0 Å². The SMILES string of the molecule is CC(O)CC(CN)c1ccc(Br)cc1[N+](=O)[O-]. The Labute approximate surface area is 108 Å². The fraction of sp³-hybridized carbons (Fsp3) is 0.455. The first-order chi connectivity index (χ1) is 7.95. The van der Waals surface area contributed by atoms with E-state index < -0.39 is 11.0 Å². The number of aliphatic hydroxyl groups is 1. The number of hydrogen-bond acceptors (Lipinski definition) is 4. The van der Waals surface area contributed by atoms with Crippen molar-refractivity contribution in [3.63, 3.8) is 0 Å². The predicted molar refractivity (Wildman–Crippen MR) is 68.9 cm³/mol. The summed E-state index contributed by atoms with van der Waals surface area (Å²) in [6.07, 6.45) is -0.120. The zero-order chi connectivity index (χ0) is 13.0. The molecule has 0 saturated carbocycles. The molecule has 5 nitrogen and oxygen atoms in total. The van der Waals surface area contributed by atoms with E-state index in [1.807, 2.05) is 0 Å². The van der Waals surface area contributed by atoms with E-state index >= 15 is 0 Å². The van der Waals surface area contributed by atoms with Crippen molar-refractivity contribution in [2.75, 3.05) is 6.54 Å². The van der Waals surface area contributed by atoms with E-state index in [1.54, 1.807) is 19.1 Å². The maximum Gasteiger partial charge on any atom is 0.274 e. The highest BCUT2D eigenvalue weighted by Crippen LogP contribution is 2.31. The molecule has 1 rings (SSSR count). The number of aliphatic hydroxyl groups excluding tert-OH is 1. The van der Waals surface area contributed by atoms with Gasteiger partial charge in [0.15, 0.2) is 0 Å². The van der Waals surface area contributed by atoms with Crippen molar-refractivity contribution in [1.29, 1.82) is 0 Å². The minimum atomic E-state index is -0.535. The molecule has 2 atom stereocenters. The maximum absolute atomic E-state index is 11.0. The molecule has 3 N–H and O–H groups in total. The fourth-order valence-corrected chi connectivity index (χ4v) is 2.13. The van der Waals surface area contributed by atoms with E-state index in [4.69, 9.17) is 5.73 Å². The molecule has 0 aliphatic carbocycles. The first-order valence-electron chi connectivity index (χ1n) is 5.27. The van der Waals surface area contributed by atoms with E-state index in [-0.39, 0.29) is 18.2 Å². The van der Waals surface area contributed by atoms with Gasteiger partial charge in [-0.25, -0.2) is 0 Å². The molecule has 0 bridgehead atoms. The summed E-state index contributed by atoms with van der Waals surface area (Å²) < 4.78 is 0.653. The van der Waals surface area contributed by atoms with E-state index in [1.165, 1.54) is 6.07 Å². The molecule has 1 aromatic carbocycles. The summed E-state index contributed by atoms with van der Waals surface area (Å²) in [5.74, 6) is -0.205. The summed E-state index contributed by atoms with van der Waals surface area (Å²) in [6.45, 7) is 1.92. The van der Waals surface area contributed by atoms with E-state index in [0.29, 0.717) is 16.5 Å². The van der Waals surface area contributed by atoms with Gasteiger partial charge in [-0.1, -0.05) is 22.0 Å². The van der Waals surface area contributed by atoms with E-state index in [0.717, 1.165) is 0 Å². The molecule has 0 saturated heterocycles. The van der Waals surface area contributed by atoms with Gasteiger partial charge in [-0.2, -0.15) is 0 Å². The van der Waals surface area contributed by atoms with Crippen molar-refractivity contribution < 1.29 is 10.0 Å². The lowest BCUT2D eigenvalue weighted by molar-refractivity contribution is -0.385. The lowest BCUT2D eigenvalue weighted by atomic mass is 9.92. The molecule has 0 heterocycles. The van der Waals surface area contributed by atoms with Gasteiger partial charge in [0.05, 0.1) is 11.0 Å². The van der Waals surface area contributed by atoms with Crippen LogP contribution < -0.4 is 5.73 Å². The molecular weight excluding hydrogens is 288 g/mol. The van der Waals surface area contributed by atoms with Crippen LogP contribution in [-0.4, -0.2) is 22.7 Å². The summed E-state index contributed by atoms with van der Waals surface area (Å²) in [6, 6.07) is 4.88. The minimum absolute atomic E-state index is 0.0375. The van der Waals surface area contributed by atoms with Crippen molar-refractivity contribution >= 4 is 21.6 Å². The summed E-state index contributed by atoms with van der Waals surface area (Å²) in [5.41, 5.74) is 6.22. The lowest BCUT2D eigenvalue weighted by Crippen LogP contribution is -2.18. The molecule has 17 heavy (non-hydrogen) atoms. The van der Waals surface area contributed by atoms with Crippen LogP contribution in [0.3, 0.4) is 0 Å². The Morgan fingerprint density at radius 3 is 2.71 bits per heavy atom. The predicted octanol–water partition coefficient (Wildman–Crippen LogP) is 2.17. The summed E-state index contributed by atoms with van der Waals surface area (Å²) in [4.78, 5) is 10.5. The van der Waals surface area contributed by atoms with Crippen LogP contribution in [0.15, 0.2) is 22.7 Å². The largest absolute Gasteiger partial charge is 0.393 e. The number of nitrogens with two attached hydrogens (primary N) is 1. The van der Waals surface area contributed by atoms with Crippen LogP contribution in [0.5, 0.6) is 0 Å². The van der Waals surface area contributed by atoms with E-state index in [9.17, 15) is 15.2 Å². The zero-order valence-corrected chi connectivity index (χ0v) is 11.1. The third kappa shape index (κ3) is 3.76. The van der Waals surface area contributed by atoms with Gasteiger partial charge >= 0.3 is 0 Å². The number of nitro groups is 1. The molecule has 6 heteroatoms. The zero-order valence-electron chi connectivity index (χ0n) is 9.47. The molecule has 94 valence electrons. The third-order valence-corrected chi connectivity index (χ3v) is 3.03. The molecule has 0 fully saturated rings. The van der Waals surface area contributed by atoms with Gasteiger partial charge in [0, 0.05) is 22.0 Å². The van der Waals surface area contributed by atoms with Crippen molar-refractivity contribution in [3.8, 4) is 0 Å². The van der Waals surface area contributed by atoms with Gasteiger partial charge in [-0.3, -0.25) is 10.1 Å². The van der Waals surface area contributed by atoms with Gasteiger partial charge in [0.2, 0.25) is 0 Å². The second-order valence-corrected chi connectivity index (χ2v) is 4.89. The van der Waals surface area contributed by atoms with Gasteiger partial charge in [0.1, 0.15) is 0 Å². The topological polar surface area (TPSA) is 89.4 Å². The highest BCUT2D eigenvalue weighted by molar-refractivity contribution is 9.10. The van der Waals surface area contributed by atoms with Crippen molar-refractivity contribution in [1.82, 2.24) is 0 Å². The van der Waals surface area contributed by atoms with Crippen molar-refractivity contribution in [3.05, 3.63) is 38.3 Å². The Kier molecular flexibility index (Phi) is 5.04. The van der Waals surface area contributed by atoms with Crippen LogP contribution in [0.25, 0.3) is 0 Å². The van der Waals surface area contributed by atoms with Crippen LogP contribution in [0.1, 0.15) is 24.8 Å². The molecule has 0 aliphatic rings. The van der Waals surface area contributed by atoms with E-state index in [2.05, 4.69) is 15.9 Å². The molecule has 1 aromatic rings. The number of nitro benzene ring substituents is 1. The molecule has 0 spiro atoms. The smallest absolute Gasteiger partial charge is 0.274 e. The Bertz CT molecular complexity index is 410. The average Bonchev–Trinajstić information content (AvgIpc) is 2.25. The van der Waals surface area contributed by atoms with Crippen molar-refractivity contribution in [2.24, 2.45) is 5.73 Å². The minimum Gasteiger partial charge on any atom is -0.393 e. The standard InChI is InChI=1S/C11H15BrN2O3/c1-7(15)4-8(6-13)10-3-2-9(12)5-11(10)14(16)17/h2-3,5,7-8,15H,4,6,13H2,1H3. The van der Waals surface area contributed by atoms with Gasteiger partial charge in [-0.05, 0) is 26.0 Å². The monoisotopic (exact) mass is 302 g/mol. The molecular formula is C11H15BrN2O3. The first-order valence-corrected chi connectivity index (χ1v) is 6.07. The Morgan fingerprint density at radius 2 is 2.24 bits per heavy atom. The highest BCUT2D eigenvalue weighted by atomic mass is 79.9. The first kappa shape index (κ1) is 14.1. The maximum atomic E-state index is 11.0. The number of hydrogen-bond donors (Lipinski definition) is 2. The second kappa shape index (κ2) is 6.09. The average molecular weight is 303 g/mol. The Hall–Kier alpha value is -0.980. The number of nitrogens with zero attached hydrogens (tertiary/aromatic N) is 1. The molecule has 0 aromatic heterocycles. The highest BCUT2D eigenvalue weighted by Gasteiger charge is 2.22. The van der Waals surface area contributed by atoms with Gasteiger partial charge < -0.3 is 10.8 Å². The van der Waals surface area contributed by atoms with Crippen LogP contribution >= 0.6 is 15.9 Å². The quantitative estimate of drug-likeness (QED) is 0.644. The fourth-order valence-electron chi connectivity index (χ4n) is 1.78. The number of benzene rings is 1. The van der Waals surface area contributed by atoms with Crippen LogP contribution in [0.4, 0.5) is 5.69 Å². The molecule has 0 radical (unpaired) electrons. The van der Waals surface area contributed by atoms with Gasteiger partial charge in [-0.15, -0.1) is 0 Å². The summed E-state index contributed by atoms with van der Waals surface area (Å²) >= 11 is 3.20. The number of halogens is 1. The number of rotatable bonds is 5. The summed E-state index contributed by atoms with van der Waals surface area (Å²) in [5, 5.41) is 20.3. The lowest BCUT2D eigenvalue weighted by Gasteiger charge is -2.17. The van der Waals surface area contributed by atoms with Crippen LogP contribution in [-0.2, 0) is 0 Å². The summed E-state index contributed by atoms with van der Waals surface area (Å²) in [7, 11) is 0. The molecule has 0 amide bonds. The molecule has 2 unspecified atom stereocenters. The third-order valence-electron chi connectivity index (χ3n) is 2.54. The second-order valence-electron chi connectivity index (χ2n) is 3.98. The van der Waals surface area contributed by atoms with Crippen molar-refractivity contribution in [2.45, 2.75) is 25.4 Å². The molecule has 0 aliphatic heterocycles. The van der Waals surface area contributed by atoms with Gasteiger partial charge in [0.25, 0.3) is 5.69 Å². The Morgan fingerprint density at radius 1 is 1.59 bits per heavy atom. The van der Waals surface area contributed by atoms with Crippen LogP contribution in [0, 0.1) is 10.1 Å². The Balaban J connectivity index is 3.14. The normalized spacial score (nSPS) is 14.4.